The second-order valence-electron chi connectivity index (χ2n) is 5.47. The molecule has 120 valence electrons. The molecule has 0 unspecified atom stereocenters. The zero-order chi connectivity index (χ0) is 15.8. The Hall–Kier alpha value is -1.66. The van der Waals surface area contributed by atoms with Gasteiger partial charge in [0.1, 0.15) is 0 Å². The van der Waals surface area contributed by atoms with E-state index in [-0.39, 0.29) is 5.91 Å². The Morgan fingerprint density at radius 3 is 3.09 bits per heavy atom. The summed E-state index contributed by atoms with van der Waals surface area (Å²) in [5, 5.41) is 5.58. The van der Waals surface area contributed by atoms with E-state index in [0.29, 0.717) is 25.5 Å². The minimum absolute atomic E-state index is 0.0137. The van der Waals surface area contributed by atoms with Gasteiger partial charge in [0.15, 0.2) is 10.8 Å². The quantitative estimate of drug-likeness (QED) is 0.720. The summed E-state index contributed by atoms with van der Waals surface area (Å²) < 4.78 is 10.8. The lowest BCUT2D eigenvalue weighted by molar-refractivity contribution is -0.120. The van der Waals surface area contributed by atoms with Crippen LogP contribution >= 0.6 is 11.3 Å². The van der Waals surface area contributed by atoms with Gasteiger partial charge < -0.3 is 14.5 Å². The molecular weight excluding hydrogens is 300 g/mol. The maximum Gasteiger partial charge on any atom is 0.226 e. The van der Waals surface area contributed by atoms with Crippen LogP contribution in [0.1, 0.15) is 26.0 Å². The monoisotopic (exact) mass is 322 g/mol. The van der Waals surface area contributed by atoms with E-state index in [4.69, 9.17) is 9.15 Å². The van der Waals surface area contributed by atoms with Gasteiger partial charge in [-0.25, -0.2) is 4.98 Å². The first-order valence-corrected chi connectivity index (χ1v) is 8.36. The number of carbonyl (C=O) groups is 1. The van der Waals surface area contributed by atoms with Crippen LogP contribution in [-0.2, 0) is 16.0 Å². The topological polar surface area (TPSA) is 64.4 Å². The van der Waals surface area contributed by atoms with E-state index in [1.165, 1.54) is 11.3 Å². The third-order valence-electron chi connectivity index (χ3n) is 2.86. The molecule has 2 aromatic heterocycles. The summed E-state index contributed by atoms with van der Waals surface area (Å²) in [5.41, 5.74) is 0.768. The van der Waals surface area contributed by atoms with Gasteiger partial charge in [-0.3, -0.25) is 4.79 Å². The SMILES string of the molecule is CC(C)COCCCNC(=O)Cc1csc(-c2ccco2)n1. The van der Waals surface area contributed by atoms with Crippen LogP contribution in [-0.4, -0.2) is 30.6 Å². The van der Waals surface area contributed by atoms with Crippen molar-refractivity contribution in [1.29, 1.82) is 0 Å². The van der Waals surface area contributed by atoms with Crippen LogP contribution in [0.15, 0.2) is 28.2 Å². The summed E-state index contributed by atoms with van der Waals surface area (Å²) >= 11 is 1.48. The van der Waals surface area contributed by atoms with Crippen molar-refractivity contribution in [3.05, 3.63) is 29.5 Å². The maximum absolute atomic E-state index is 11.8. The first-order valence-electron chi connectivity index (χ1n) is 7.48. The van der Waals surface area contributed by atoms with Crippen LogP contribution in [0.25, 0.3) is 10.8 Å². The first-order chi connectivity index (χ1) is 10.6. The normalized spacial score (nSPS) is 11.0. The summed E-state index contributed by atoms with van der Waals surface area (Å²) in [6.07, 6.45) is 2.74. The Kier molecular flexibility index (Phi) is 6.61. The van der Waals surface area contributed by atoms with Crippen molar-refractivity contribution in [1.82, 2.24) is 10.3 Å². The highest BCUT2D eigenvalue weighted by molar-refractivity contribution is 7.13. The number of furan rings is 1. The van der Waals surface area contributed by atoms with Crippen LogP contribution < -0.4 is 5.32 Å². The molecule has 0 aliphatic heterocycles. The van der Waals surface area contributed by atoms with Gasteiger partial charge >= 0.3 is 0 Å². The van der Waals surface area contributed by atoms with E-state index in [9.17, 15) is 4.79 Å². The highest BCUT2D eigenvalue weighted by Crippen LogP contribution is 2.23. The molecular formula is C16H22N2O3S. The molecule has 6 heteroatoms. The molecule has 22 heavy (non-hydrogen) atoms. The van der Waals surface area contributed by atoms with Crippen molar-refractivity contribution in [2.45, 2.75) is 26.7 Å². The number of nitrogens with zero attached hydrogens (tertiary/aromatic N) is 1. The molecule has 0 aromatic carbocycles. The number of hydrogen-bond donors (Lipinski definition) is 1. The standard InChI is InChI=1S/C16H22N2O3S/c1-12(2)10-20-7-4-6-17-15(19)9-13-11-22-16(18-13)14-5-3-8-21-14/h3,5,8,11-12H,4,6-7,9-10H2,1-2H3,(H,17,19). The Balaban J connectivity index is 1.65. The van der Waals surface area contributed by atoms with Crippen molar-refractivity contribution >= 4 is 17.2 Å². The molecule has 0 saturated heterocycles. The second-order valence-corrected chi connectivity index (χ2v) is 6.33. The molecule has 0 atom stereocenters. The summed E-state index contributed by atoms with van der Waals surface area (Å²) in [4.78, 5) is 16.2. The zero-order valence-corrected chi connectivity index (χ0v) is 13.8. The number of amides is 1. The van der Waals surface area contributed by atoms with E-state index >= 15 is 0 Å². The van der Waals surface area contributed by atoms with Crippen molar-refractivity contribution in [3.63, 3.8) is 0 Å². The van der Waals surface area contributed by atoms with Gasteiger partial charge in [0, 0.05) is 25.1 Å². The molecule has 0 spiro atoms. The molecule has 5 nitrogen and oxygen atoms in total. The number of rotatable bonds is 9. The fourth-order valence-corrected chi connectivity index (χ4v) is 2.64. The Morgan fingerprint density at radius 1 is 1.50 bits per heavy atom. The van der Waals surface area contributed by atoms with E-state index in [2.05, 4.69) is 24.1 Å². The molecule has 1 N–H and O–H groups in total. The fraction of sp³-hybridized carbons (Fsp3) is 0.500. The molecule has 1 amide bonds. The number of thiazole rings is 1. The van der Waals surface area contributed by atoms with E-state index in [0.717, 1.165) is 29.5 Å². The number of hydrogen-bond acceptors (Lipinski definition) is 5. The number of ether oxygens (including phenoxy) is 1. The van der Waals surface area contributed by atoms with Gasteiger partial charge in [0.2, 0.25) is 5.91 Å². The van der Waals surface area contributed by atoms with Crippen LogP contribution in [0.2, 0.25) is 0 Å². The predicted molar refractivity (Wildman–Crippen MR) is 86.8 cm³/mol. The fourth-order valence-electron chi connectivity index (χ4n) is 1.85. The highest BCUT2D eigenvalue weighted by Gasteiger charge is 2.10. The van der Waals surface area contributed by atoms with Crippen molar-refractivity contribution < 1.29 is 13.9 Å². The largest absolute Gasteiger partial charge is 0.462 e. The van der Waals surface area contributed by atoms with Crippen LogP contribution in [0.5, 0.6) is 0 Å². The van der Waals surface area contributed by atoms with Crippen molar-refractivity contribution in [2.24, 2.45) is 5.92 Å². The number of nitrogens with one attached hydrogen (secondary N) is 1. The van der Waals surface area contributed by atoms with Gasteiger partial charge in [-0.05, 0) is 24.5 Å². The molecule has 2 rings (SSSR count). The average molecular weight is 322 g/mol. The van der Waals surface area contributed by atoms with Crippen LogP contribution in [0.3, 0.4) is 0 Å². The maximum atomic E-state index is 11.8. The third-order valence-corrected chi connectivity index (χ3v) is 3.77. The third kappa shape index (κ3) is 5.61. The van der Waals surface area contributed by atoms with Gasteiger partial charge in [-0.15, -0.1) is 11.3 Å². The summed E-state index contributed by atoms with van der Waals surface area (Å²) in [6.45, 7) is 6.31. The van der Waals surface area contributed by atoms with Crippen LogP contribution in [0, 0.1) is 5.92 Å². The molecule has 0 fully saturated rings. The van der Waals surface area contributed by atoms with Crippen molar-refractivity contribution in [3.8, 4) is 10.8 Å². The number of aromatic nitrogens is 1. The predicted octanol–water partition coefficient (Wildman–Crippen LogP) is 3.12. The number of carbonyl (C=O) groups excluding carboxylic acids is 1. The van der Waals surface area contributed by atoms with E-state index in [1.807, 2.05) is 17.5 Å². The molecule has 0 aliphatic rings. The highest BCUT2D eigenvalue weighted by atomic mass is 32.1. The molecule has 2 aromatic rings. The van der Waals surface area contributed by atoms with Crippen molar-refractivity contribution in [2.75, 3.05) is 19.8 Å². The van der Waals surface area contributed by atoms with E-state index < -0.39 is 0 Å². The smallest absolute Gasteiger partial charge is 0.226 e. The molecule has 0 aliphatic carbocycles. The summed E-state index contributed by atoms with van der Waals surface area (Å²) in [7, 11) is 0. The van der Waals surface area contributed by atoms with Gasteiger partial charge in [-0.2, -0.15) is 0 Å². The van der Waals surface area contributed by atoms with Gasteiger partial charge in [0.05, 0.1) is 18.4 Å². The lowest BCUT2D eigenvalue weighted by Crippen LogP contribution is -2.27. The summed E-state index contributed by atoms with van der Waals surface area (Å²) in [5.74, 6) is 1.27. The Labute approximate surface area is 134 Å². The molecule has 0 bridgehead atoms. The molecule has 0 saturated carbocycles. The Morgan fingerprint density at radius 2 is 2.36 bits per heavy atom. The average Bonchev–Trinajstić information content (AvgIpc) is 3.12. The van der Waals surface area contributed by atoms with Gasteiger partial charge in [0.25, 0.3) is 0 Å². The van der Waals surface area contributed by atoms with E-state index in [1.54, 1.807) is 6.26 Å². The molecule has 2 heterocycles. The first kappa shape index (κ1) is 16.7. The lowest BCUT2D eigenvalue weighted by atomic mass is 10.2. The molecule has 0 radical (unpaired) electrons. The summed E-state index contributed by atoms with van der Waals surface area (Å²) in [6, 6.07) is 3.68. The second kappa shape index (κ2) is 8.70. The minimum Gasteiger partial charge on any atom is -0.462 e. The zero-order valence-electron chi connectivity index (χ0n) is 13.0. The lowest BCUT2D eigenvalue weighted by Gasteiger charge is -2.07. The minimum atomic E-state index is -0.0137. The van der Waals surface area contributed by atoms with Gasteiger partial charge in [-0.1, -0.05) is 13.8 Å². The Bertz CT molecular complexity index is 564. The van der Waals surface area contributed by atoms with Crippen LogP contribution in [0.4, 0.5) is 0 Å².